The Morgan fingerprint density at radius 2 is 2.21 bits per heavy atom. The van der Waals surface area contributed by atoms with Gasteiger partial charge in [-0.3, -0.25) is 0 Å². The zero-order valence-electron chi connectivity index (χ0n) is 8.78. The van der Waals surface area contributed by atoms with Gasteiger partial charge in [-0.15, -0.1) is 0 Å². The maximum atomic E-state index is 11.5. The largest absolute Gasteiger partial charge is 0.508 e. The third-order valence-electron chi connectivity index (χ3n) is 1.82. The van der Waals surface area contributed by atoms with Gasteiger partial charge in [-0.1, -0.05) is 0 Å². The van der Waals surface area contributed by atoms with Gasteiger partial charge in [-0.25, -0.2) is 0 Å². The van der Waals surface area contributed by atoms with Crippen LogP contribution in [0.5, 0.6) is 0 Å². The first kappa shape index (κ1) is 10.7. The number of hydrogen-bond acceptors (Lipinski definition) is 2. The predicted molar refractivity (Wildman–Crippen MR) is 50.8 cm³/mol. The smallest absolute Gasteiger partial charge is 0.497 e. The molecule has 1 amide bonds. The predicted octanol–water partition coefficient (Wildman–Crippen LogP) is 1.65. The second-order valence-corrected chi connectivity index (χ2v) is 4.25. The van der Waals surface area contributed by atoms with Crippen molar-refractivity contribution in [2.45, 2.75) is 39.2 Å². The maximum absolute atomic E-state index is 11.5. The van der Waals surface area contributed by atoms with Crippen LogP contribution in [0.15, 0.2) is 0 Å². The molecule has 0 radical (unpaired) electrons. The van der Waals surface area contributed by atoms with Crippen LogP contribution in [-0.4, -0.2) is 33.8 Å². The molecule has 0 atom stereocenters. The van der Waals surface area contributed by atoms with Gasteiger partial charge in [0.1, 0.15) is 5.60 Å². The van der Waals surface area contributed by atoms with Gasteiger partial charge in [0.25, 0.3) is 0 Å². The first-order valence-corrected chi connectivity index (χ1v) is 4.65. The highest BCUT2D eigenvalue weighted by atomic mass is 16.6. The SMILES string of the molecule is CC(C)(C)OC(=O)N1CCCC1=[N+]=[N-]. The lowest BCUT2D eigenvalue weighted by Gasteiger charge is -2.19. The van der Waals surface area contributed by atoms with Gasteiger partial charge in [0.15, 0.2) is 0 Å². The molecule has 1 saturated heterocycles. The van der Waals surface area contributed by atoms with E-state index in [1.165, 1.54) is 4.90 Å². The van der Waals surface area contributed by atoms with E-state index in [9.17, 15) is 4.79 Å². The molecule has 0 aromatic heterocycles. The molecule has 0 spiro atoms. The van der Waals surface area contributed by atoms with Gasteiger partial charge in [-0.2, -0.15) is 9.69 Å². The van der Waals surface area contributed by atoms with E-state index >= 15 is 0 Å². The van der Waals surface area contributed by atoms with Gasteiger partial charge in [-0.05, 0) is 27.2 Å². The Morgan fingerprint density at radius 3 is 2.71 bits per heavy atom. The molecule has 0 aliphatic carbocycles. The summed E-state index contributed by atoms with van der Waals surface area (Å²) in [6.07, 6.45) is 0.997. The summed E-state index contributed by atoms with van der Waals surface area (Å²) in [6, 6.07) is 0. The van der Waals surface area contributed by atoms with Crippen molar-refractivity contribution in [1.82, 2.24) is 4.90 Å². The molecule has 0 aromatic rings. The van der Waals surface area contributed by atoms with Crippen molar-refractivity contribution in [3.05, 3.63) is 5.53 Å². The Kier molecular flexibility index (Phi) is 2.91. The van der Waals surface area contributed by atoms with Crippen molar-refractivity contribution >= 4 is 11.9 Å². The molecule has 1 rings (SSSR count). The summed E-state index contributed by atoms with van der Waals surface area (Å²) in [5.41, 5.74) is 8.11. The molecule has 0 N–H and O–H groups in total. The minimum Gasteiger partial charge on any atom is -0.497 e. The Labute approximate surface area is 83.3 Å². The number of nitrogens with zero attached hydrogens (tertiary/aromatic N) is 3. The number of ether oxygens (including phenoxy) is 1. The number of likely N-dealkylation sites (tertiary alicyclic amines) is 1. The minimum atomic E-state index is -0.514. The zero-order valence-corrected chi connectivity index (χ0v) is 8.78. The Balaban J connectivity index is 2.66. The summed E-state index contributed by atoms with van der Waals surface area (Å²) in [7, 11) is 0. The third kappa shape index (κ3) is 2.57. The van der Waals surface area contributed by atoms with E-state index in [1.54, 1.807) is 20.8 Å². The van der Waals surface area contributed by atoms with Crippen LogP contribution in [0, 0.1) is 0 Å². The first-order chi connectivity index (χ1) is 6.44. The number of amidine groups is 1. The van der Waals surface area contributed by atoms with E-state index in [1.807, 2.05) is 0 Å². The minimum absolute atomic E-state index is 0.388. The van der Waals surface area contributed by atoms with Crippen molar-refractivity contribution in [3.8, 4) is 0 Å². The van der Waals surface area contributed by atoms with Crippen molar-refractivity contribution in [2.75, 3.05) is 6.54 Å². The average molecular weight is 197 g/mol. The topological polar surface area (TPSA) is 65.9 Å². The Hall–Kier alpha value is -1.35. The molecule has 1 heterocycles. The van der Waals surface area contributed by atoms with Crippen molar-refractivity contribution in [2.24, 2.45) is 0 Å². The fourth-order valence-electron chi connectivity index (χ4n) is 1.28. The molecule has 5 heteroatoms. The van der Waals surface area contributed by atoms with E-state index < -0.39 is 11.7 Å². The lowest BCUT2D eigenvalue weighted by molar-refractivity contribution is -0.0265. The molecular weight excluding hydrogens is 182 g/mol. The highest BCUT2D eigenvalue weighted by molar-refractivity contribution is 5.93. The first-order valence-electron chi connectivity index (χ1n) is 4.65. The molecule has 1 fully saturated rings. The lowest BCUT2D eigenvalue weighted by Crippen LogP contribution is -2.37. The van der Waals surface area contributed by atoms with Crippen LogP contribution in [0.25, 0.3) is 5.53 Å². The van der Waals surface area contributed by atoms with E-state index in [0.29, 0.717) is 18.8 Å². The molecule has 0 unspecified atom stereocenters. The van der Waals surface area contributed by atoms with Crippen LogP contribution in [0.2, 0.25) is 0 Å². The van der Waals surface area contributed by atoms with Gasteiger partial charge in [0, 0.05) is 0 Å². The molecule has 0 aromatic carbocycles. The van der Waals surface area contributed by atoms with Crippen LogP contribution in [0.1, 0.15) is 33.6 Å². The fourth-order valence-corrected chi connectivity index (χ4v) is 1.28. The quantitative estimate of drug-likeness (QED) is 0.437. The maximum Gasteiger partial charge on any atom is 0.508 e. The summed E-state index contributed by atoms with van der Waals surface area (Å²) < 4.78 is 5.15. The molecule has 5 nitrogen and oxygen atoms in total. The van der Waals surface area contributed by atoms with Crippen molar-refractivity contribution < 1.29 is 14.3 Å². The second kappa shape index (κ2) is 3.80. The number of carbonyl (C=O) groups excluding carboxylic acids is 1. The van der Waals surface area contributed by atoms with Crippen molar-refractivity contribution in [3.63, 3.8) is 0 Å². The Morgan fingerprint density at radius 1 is 1.57 bits per heavy atom. The van der Waals surface area contributed by atoms with Gasteiger partial charge in [0.2, 0.25) is 0 Å². The number of rotatable bonds is 0. The highest BCUT2D eigenvalue weighted by Gasteiger charge is 2.37. The fraction of sp³-hybridized carbons (Fsp3) is 0.778. The second-order valence-electron chi connectivity index (χ2n) is 4.25. The monoisotopic (exact) mass is 197 g/mol. The van der Waals surface area contributed by atoms with Gasteiger partial charge in [0.05, 0.1) is 13.0 Å². The van der Waals surface area contributed by atoms with Crippen LogP contribution in [0.4, 0.5) is 4.79 Å². The zero-order chi connectivity index (χ0) is 10.8. The average Bonchev–Trinajstić information content (AvgIpc) is 2.47. The van der Waals surface area contributed by atoms with Crippen LogP contribution in [-0.2, 0) is 4.74 Å². The lowest BCUT2D eigenvalue weighted by atomic mass is 10.2. The summed E-state index contributed by atoms with van der Waals surface area (Å²) >= 11 is 0. The van der Waals surface area contributed by atoms with Crippen LogP contribution in [0.3, 0.4) is 0 Å². The van der Waals surface area contributed by atoms with Gasteiger partial charge >= 0.3 is 11.9 Å². The molecule has 0 bridgehead atoms. The number of carbonyl (C=O) groups is 1. The summed E-state index contributed by atoms with van der Waals surface area (Å²) in [4.78, 5) is 16.0. The molecule has 14 heavy (non-hydrogen) atoms. The molecule has 1 aliphatic heterocycles. The number of hydrogen-bond donors (Lipinski definition) is 0. The van der Waals surface area contributed by atoms with Crippen LogP contribution < -0.4 is 0 Å². The summed E-state index contributed by atoms with van der Waals surface area (Å²) in [5.74, 6) is 0.388. The summed E-state index contributed by atoms with van der Waals surface area (Å²) in [5, 5.41) is 0. The number of amides is 1. The van der Waals surface area contributed by atoms with Gasteiger partial charge < -0.3 is 15.1 Å². The molecular formula is C9H15N3O2. The molecule has 1 aliphatic rings. The third-order valence-corrected chi connectivity index (χ3v) is 1.82. The summed E-state index contributed by atoms with van der Waals surface area (Å²) in [6.45, 7) is 5.97. The van der Waals surface area contributed by atoms with Crippen molar-refractivity contribution in [1.29, 1.82) is 0 Å². The molecule has 0 saturated carbocycles. The van der Waals surface area contributed by atoms with E-state index in [0.717, 1.165) is 6.42 Å². The highest BCUT2D eigenvalue weighted by Crippen LogP contribution is 2.15. The van der Waals surface area contributed by atoms with E-state index in [4.69, 9.17) is 10.3 Å². The standard InChI is InChI=1S/C9H15N3O2/c1-9(2,3)14-8(13)12-6-4-5-7(12)11-10/h4-6H2,1-3H3. The van der Waals surface area contributed by atoms with E-state index in [-0.39, 0.29) is 0 Å². The van der Waals surface area contributed by atoms with E-state index in [2.05, 4.69) is 4.79 Å². The normalized spacial score (nSPS) is 16.8. The Bertz CT molecular complexity index is 287. The molecule has 78 valence electrons. The van der Waals surface area contributed by atoms with Crippen LogP contribution >= 0.6 is 0 Å².